The molecule has 0 bridgehead atoms. The van der Waals surface area contributed by atoms with Crippen molar-refractivity contribution in [2.45, 2.75) is 25.9 Å². The summed E-state index contributed by atoms with van der Waals surface area (Å²) in [4.78, 5) is 38.3. The van der Waals surface area contributed by atoms with Crippen LogP contribution >= 0.6 is 11.6 Å². The number of rotatable bonds is 9. The number of carbonyl (C=O) groups excluding carboxylic acids is 2. The van der Waals surface area contributed by atoms with Gasteiger partial charge in [-0.3, -0.25) is 19.7 Å². The molecule has 148 valence electrons. The fourth-order valence-corrected chi connectivity index (χ4v) is 2.34. The number of pyridine rings is 1. The Morgan fingerprint density at radius 3 is 2.71 bits per heavy atom. The zero-order chi connectivity index (χ0) is 20.5. The van der Waals surface area contributed by atoms with Gasteiger partial charge in [0.2, 0.25) is 0 Å². The van der Waals surface area contributed by atoms with Crippen molar-refractivity contribution in [3.05, 3.63) is 57.7 Å². The van der Waals surface area contributed by atoms with E-state index in [4.69, 9.17) is 16.3 Å². The minimum atomic E-state index is -0.992. The largest absolute Gasteiger partial charge is 0.453 e. The molecular weight excluding hydrogens is 388 g/mol. The molecule has 2 rings (SSSR count). The molecule has 0 fully saturated rings. The Hall–Kier alpha value is -3.20. The molecule has 1 atom stereocenters. The summed E-state index contributed by atoms with van der Waals surface area (Å²) < 4.78 is 5.08. The maximum atomic E-state index is 12.0. The predicted molar refractivity (Wildman–Crippen MR) is 104 cm³/mol. The van der Waals surface area contributed by atoms with Gasteiger partial charge in [0.05, 0.1) is 9.95 Å². The van der Waals surface area contributed by atoms with Gasteiger partial charge in [0.25, 0.3) is 11.6 Å². The summed E-state index contributed by atoms with van der Waals surface area (Å²) in [7, 11) is 0. The summed E-state index contributed by atoms with van der Waals surface area (Å²) >= 11 is 5.72. The third-order valence-electron chi connectivity index (χ3n) is 3.63. The van der Waals surface area contributed by atoms with E-state index in [2.05, 4.69) is 15.6 Å². The number of nitro benzene ring substituents is 1. The Labute approximate surface area is 166 Å². The van der Waals surface area contributed by atoms with Crippen molar-refractivity contribution in [2.75, 3.05) is 17.2 Å². The molecule has 1 heterocycles. The van der Waals surface area contributed by atoms with Crippen LogP contribution in [0.2, 0.25) is 5.02 Å². The highest BCUT2D eigenvalue weighted by atomic mass is 35.5. The average molecular weight is 407 g/mol. The lowest BCUT2D eigenvalue weighted by Gasteiger charge is -2.13. The van der Waals surface area contributed by atoms with E-state index in [0.717, 1.165) is 0 Å². The molecule has 0 saturated carbocycles. The van der Waals surface area contributed by atoms with Gasteiger partial charge in [-0.05, 0) is 31.5 Å². The Kier molecular flexibility index (Phi) is 7.70. The smallest absolute Gasteiger partial charge is 0.306 e. The normalized spacial score (nSPS) is 11.4. The fourth-order valence-electron chi connectivity index (χ4n) is 2.23. The SMILES string of the molecule is C[C@H](OC(=O)CCCNc1ccccc1[N+](=O)[O-])C(=O)Nc1ccc(Cl)cn1. The first kappa shape index (κ1) is 21.1. The zero-order valence-corrected chi connectivity index (χ0v) is 15.8. The van der Waals surface area contributed by atoms with E-state index < -0.39 is 22.9 Å². The molecule has 1 amide bonds. The Bertz CT molecular complexity index is 844. The number of nitrogens with one attached hydrogen (secondary N) is 2. The maximum absolute atomic E-state index is 12.0. The van der Waals surface area contributed by atoms with Crippen LogP contribution in [0.4, 0.5) is 17.2 Å². The second-order valence-electron chi connectivity index (χ2n) is 5.79. The molecule has 2 aromatic rings. The van der Waals surface area contributed by atoms with Crippen molar-refractivity contribution in [1.82, 2.24) is 4.98 Å². The first-order valence-electron chi connectivity index (χ1n) is 8.46. The van der Waals surface area contributed by atoms with Gasteiger partial charge in [-0.15, -0.1) is 0 Å². The molecule has 0 saturated heterocycles. The van der Waals surface area contributed by atoms with Crippen LogP contribution in [-0.2, 0) is 14.3 Å². The number of hydrogen-bond donors (Lipinski definition) is 2. The van der Waals surface area contributed by atoms with Gasteiger partial charge in [0.15, 0.2) is 6.10 Å². The van der Waals surface area contributed by atoms with E-state index in [9.17, 15) is 19.7 Å². The maximum Gasteiger partial charge on any atom is 0.306 e. The Morgan fingerprint density at radius 2 is 2.04 bits per heavy atom. The summed E-state index contributed by atoms with van der Waals surface area (Å²) in [6.07, 6.45) is 0.841. The third-order valence-corrected chi connectivity index (χ3v) is 3.85. The molecule has 0 aliphatic rings. The van der Waals surface area contributed by atoms with Crippen LogP contribution in [0.3, 0.4) is 0 Å². The van der Waals surface area contributed by atoms with Crippen molar-refractivity contribution in [3.8, 4) is 0 Å². The Balaban J connectivity index is 1.72. The second kappa shape index (κ2) is 10.2. The quantitative estimate of drug-likeness (QED) is 0.283. The number of nitro groups is 1. The summed E-state index contributed by atoms with van der Waals surface area (Å²) in [5.41, 5.74) is 0.343. The van der Waals surface area contributed by atoms with Crippen LogP contribution in [-0.4, -0.2) is 34.4 Å². The number of carbonyl (C=O) groups is 2. The summed E-state index contributed by atoms with van der Waals surface area (Å²) in [6.45, 7) is 1.80. The number of halogens is 1. The molecular formula is C18H19ClN4O5. The minimum absolute atomic E-state index is 0.0359. The van der Waals surface area contributed by atoms with Crippen molar-refractivity contribution in [3.63, 3.8) is 0 Å². The molecule has 0 radical (unpaired) electrons. The molecule has 1 aromatic heterocycles. The molecule has 9 nitrogen and oxygen atoms in total. The standard InChI is InChI=1S/C18H19ClN4O5/c1-12(18(25)22-16-9-8-13(19)11-21-16)28-17(24)7-4-10-20-14-5-2-3-6-15(14)23(26)27/h2-3,5-6,8-9,11-12,20H,4,7,10H2,1H3,(H,21,22,25)/t12-/m0/s1. The van der Waals surface area contributed by atoms with Crippen molar-refractivity contribution >= 4 is 40.7 Å². The van der Waals surface area contributed by atoms with Gasteiger partial charge < -0.3 is 15.4 Å². The lowest BCUT2D eigenvalue weighted by Crippen LogP contribution is -2.30. The highest BCUT2D eigenvalue weighted by Gasteiger charge is 2.18. The first-order chi connectivity index (χ1) is 13.4. The van der Waals surface area contributed by atoms with E-state index in [0.29, 0.717) is 29.5 Å². The number of ether oxygens (including phenoxy) is 1. The molecule has 28 heavy (non-hydrogen) atoms. The number of benzene rings is 1. The van der Waals surface area contributed by atoms with E-state index in [-0.39, 0.29) is 12.1 Å². The number of esters is 1. The molecule has 0 unspecified atom stereocenters. The number of amides is 1. The fraction of sp³-hybridized carbons (Fsp3) is 0.278. The predicted octanol–water partition coefficient (Wildman–Crippen LogP) is 3.41. The van der Waals surface area contributed by atoms with E-state index >= 15 is 0 Å². The number of hydrogen-bond acceptors (Lipinski definition) is 7. The molecule has 0 aliphatic heterocycles. The monoisotopic (exact) mass is 406 g/mol. The number of aromatic nitrogens is 1. The highest BCUT2D eigenvalue weighted by Crippen LogP contribution is 2.23. The lowest BCUT2D eigenvalue weighted by molar-refractivity contribution is -0.384. The van der Waals surface area contributed by atoms with Gasteiger partial charge in [-0.1, -0.05) is 23.7 Å². The van der Waals surface area contributed by atoms with Crippen molar-refractivity contribution < 1.29 is 19.2 Å². The number of nitrogens with zero attached hydrogens (tertiary/aromatic N) is 2. The summed E-state index contributed by atoms with van der Waals surface area (Å²) in [5.74, 6) is -0.761. The summed E-state index contributed by atoms with van der Waals surface area (Å²) in [6, 6.07) is 9.35. The van der Waals surface area contributed by atoms with Gasteiger partial charge in [-0.2, -0.15) is 0 Å². The highest BCUT2D eigenvalue weighted by molar-refractivity contribution is 6.30. The van der Waals surface area contributed by atoms with Crippen LogP contribution in [0, 0.1) is 10.1 Å². The van der Waals surface area contributed by atoms with Gasteiger partial charge in [0.1, 0.15) is 11.5 Å². The van der Waals surface area contributed by atoms with Crippen LogP contribution in [0.5, 0.6) is 0 Å². The average Bonchev–Trinajstić information content (AvgIpc) is 2.67. The van der Waals surface area contributed by atoms with Gasteiger partial charge in [0, 0.05) is 25.2 Å². The van der Waals surface area contributed by atoms with Crippen molar-refractivity contribution in [1.29, 1.82) is 0 Å². The molecule has 0 aliphatic carbocycles. The van der Waals surface area contributed by atoms with Crippen LogP contribution < -0.4 is 10.6 Å². The second-order valence-corrected chi connectivity index (χ2v) is 6.22. The topological polar surface area (TPSA) is 123 Å². The van der Waals surface area contributed by atoms with E-state index in [1.807, 2.05) is 0 Å². The molecule has 2 N–H and O–H groups in total. The number of anilines is 2. The van der Waals surface area contributed by atoms with Gasteiger partial charge in [-0.25, -0.2) is 4.98 Å². The van der Waals surface area contributed by atoms with Crippen LogP contribution in [0.25, 0.3) is 0 Å². The molecule has 0 spiro atoms. The lowest BCUT2D eigenvalue weighted by atomic mass is 10.2. The van der Waals surface area contributed by atoms with Crippen LogP contribution in [0.1, 0.15) is 19.8 Å². The third kappa shape index (κ3) is 6.51. The first-order valence-corrected chi connectivity index (χ1v) is 8.84. The van der Waals surface area contributed by atoms with Crippen LogP contribution in [0.15, 0.2) is 42.6 Å². The molecule has 1 aromatic carbocycles. The molecule has 10 heteroatoms. The number of para-hydroxylation sites is 2. The summed E-state index contributed by atoms with van der Waals surface area (Å²) in [5, 5.41) is 16.8. The van der Waals surface area contributed by atoms with E-state index in [1.54, 1.807) is 24.3 Å². The van der Waals surface area contributed by atoms with Gasteiger partial charge >= 0.3 is 5.97 Å². The minimum Gasteiger partial charge on any atom is -0.453 e. The Morgan fingerprint density at radius 1 is 1.29 bits per heavy atom. The van der Waals surface area contributed by atoms with E-state index in [1.165, 1.54) is 25.3 Å². The van der Waals surface area contributed by atoms with Crippen molar-refractivity contribution in [2.24, 2.45) is 0 Å². The zero-order valence-electron chi connectivity index (χ0n) is 15.1.